The Morgan fingerprint density at radius 1 is 0.226 bits per heavy atom. The molecule has 0 bridgehead atoms. The molecule has 0 aliphatic heterocycles. The van der Waals surface area contributed by atoms with Gasteiger partial charge in [-0.05, 0) is 89.0 Å². The number of nitrogens with zero attached hydrogens (tertiary/aromatic N) is 5. The second kappa shape index (κ2) is 14.7. The SMILES string of the molecule is c1ccc(-c2cc(-c3nc(-c4ccccc4)nc(-c4ccccc4)n3)cc(-n3c4ccccc4c4cc(-c5ccc6c(c5)c5ccccc5n6-c5ccccc5)ccc43)c2)cc1. The third-order valence-electron chi connectivity index (χ3n) is 11.9. The van der Waals surface area contributed by atoms with Crippen molar-refractivity contribution in [3.63, 3.8) is 0 Å². The van der Waals surface area contributed by atoms with Crippen LogP contribution >= 0.6 is 0 Å². The third-order valence-corrected chi connectivity index (χ3v) is 11.9. The highest BCUT2D eigenvalue weighted by Gasteiger charge is 2.19. The lowest BCUT2D eigenvalue weighted by Crippen LogP contribution is -2.01. The van der Waals surface area contributed by atoms with Gasteiger partial charge < -0.3 is 9.13 Å². The van der Waals surface area contributed by atoms with Gasteiger partial charge in [-0.25, -0.2) is 15.0 Å². The Balaban J connectivity index is 1.05. The standard InChI is InChI=1S/C57H37N5/c1-5-17-38(18-6-1)43-33-44(57-59-55(39-19-7-2-8-20-39)58-56(60-57)40-21-9-3-10-22-40)35-46(34-43)62-52-28-16-14-26-48(52)50-37-42(30-32-54(50)62)41-29-31-53-49(36-41)47-25-13-15-27-51(47)61(53)45-23-11-4-12-24-45/h1-37H. The fourth-order valence-corrected chi connectivity index (χ4v) is 9.04. The average molecular weight is 792 g/mol. The van der Waals surface area contributed by atoms with Crippen LogP contribution in [0, 0.1) is 0 Å². The first-order chi connectivity index (χ1) is 30.7. The first-order valence-corrected chi connectivity index (χ1v) is 20.9. The van der Waals surface area contributed by atoms with Crippen molar-refractivity contribution in [1.29, 1.82) is 0 Å². The fraction of sp³-hybridized carbons (Fsp3) is 0. The molecule has 3 aromatic heterocycles. The van der Waals surface area contributed by atoms with Gasteiger partial charge in [-0.2, -0.15) is 0 Å². The molecule has 62 heavy (non-hydrogen) atoms. The molecule has 290 valence electrons. The highest BCUT2D eigenvalue weighted by atomic mass is 15.0. The van der Waals surface area contributed by atoms with Gasteiger partial charge in [-0.15, -0.1) is 0 Å². The van der Waals surface area contributed by atoms with Crippen molar-refractivity contribution in [2.75, 3.05) is 0 Å². The van der Waals surface area contributed by atoms with Crippen LogP contribution < -0.4 is 0 Å². The van der Waals surface area contributed by atoms with Crippen LogP contribution in [0.1, 0.15) is 0 Å². The summed E-state index contributed by atoms with van der Waals surface area (Å²) in [6.45, 7) is 0. The Bertz CT molecular complexity index is 3550. The summed E-state index contributed by atoms with van der Waals surface area (Å²) < 4.78 is 4.75. The first kappa shape index (κ1) is 35.5. The lowest BCUT2D eigenvalue weighted by atomic mass is 10.0. The summed E-state index contributed by atoms with van der Waals surface area (Å²) in [4.78, 5) is 15.3. The van der Waals surface area contributed by atoms with Gasteiger partial charge in [0.2, 0.25) is 0 Å². The minimum atomic E-state index is 0.615. The molecule has 0 amide bonds. The highest BCUT2D eigenvalue weighted by molar-refractivity contribution is 6.12. The number of aromatic nitrogens is 5. The van der Waals surface area contributed by atoms with Gasteiger partial charge in [0.05, 0.1) is 22.1 Å². The first-order valence-electron chi connectivity index (χ1n) is 20.9. The van der Waals surface area contributed by atoms with Crippen LogP contribution in [0.4, 0.5) is 0 Å². The smallest absolute Gasteiger partial charge is 0.164 e. The van der Waals surface area contributed by atoms with Crippen molar-refractivity contribution in [2.45, 2.75) is 0 Å². The molecule has 0 radical (unpaired) electrons. The lowest BCUT2D eigenvalue weighted by Gasteiger charge is -2.14. The van der Waals surface area contributed by atoms with Crippen molar-refractivity contribution in [2.24, 2.45) is 0 Å². The van der Waals surface area contributed by atoms with E-state index in [-0.39, 0.29) is 0 Å². The van der Waals surface area contributed by atoms with Crippen molar-refractivity contribution >= 4 is 43.6 Å². The van der Waals surface area contributed by atoms with Crippen LogP contribution in [0.3, 0.4) is 0 Å². The van der Waals surface area contributed by atoms with E-state index in [1.165, 1.54) is 43.7 Å². The molecular formula is C57H37N5. The minimum absolute atomic E-state index is 0.615. The van der Waals surface area contributed by atoms with Crippen molar-refractivity contribution < 1.29 is 0 Å². The van der Waals surface area contributed by atoms with Crippen LogP contribution in [0.25, 0.3) is 111 Å². The van der Waals surface area contributed by atoms with E-state index in [1.807, 2.05) is 60.7 Å². The molecule has 0 N–H and O–H groups in total. The van der Waals surface area contributed by atoms with Gasteiger partial charge in [0.1, 0.15) is 0 Å². The normalized spacial score (nSPS) is 11.5. The fourth-order valence-electron chi connectivity index (χ4n) is 9.04. The number of hydrogen-bond donors (Lipinski definition) is 0. The summed E-state index contributed by atoms with van der Waals surface area (Å²) in [5.41, 5.74) is 14.1. The van der Waals surface area contributed by atoms with Gasteiger partial charge in [-0.1, -0.05) is 158 Å². The Labute approximate surface area is 358 Å². The predicted octanol–water partition coefficient (Wildman–Crippen LogP) is 14.4. The van der Waals surface area contributed by atoms with Crippen molar-refractivity contribution in [3.8, 4) is 67.8 Å². The number of para-hydroxylation sites is 3. The molecule has 0 saturated heterocycles. The van der Waals surface area contributed by atoms with E-state index in [9.17, 15) is 0 Å². The zero-order valence-electron chi connectivity index (χ0n) is 33.6. The van der Waals surface area contributed by atoms with Crippen LogP contribution in [0.5, 0.6) is 0 Å². The van der Waals surface area contributed by atoms with Gasteiger partial charge in [-0.3, -0.25) is 0 Å². The molecule has 0 aliphatic carbocycles. The molecule has 0 aliphatic rings. The molecule has 5 nitrogen and oxygen atoms in total. The van der Waals surface area contributed by atoms with E-state index in [4.69, 9.17) is 15.0 Å². The number of fused-ring (bicyclic) bond motifs is 6. The Kier molecular flexibility index (Phi) is 8.42. The van der Waals surface area contributed by atoms with E-state index >= 15 is 0 Å². The van der Waals surface area contributed by atoms with Crippen molar-refractivity contribution in [3.05, 3.63) is 224 Å². The quantitative estimate of drug-likeness (QED) is 0.162. The Hall–Kier alpha value is -8.41. The van der Waals surface area contributed by atoms with Crippen molar-refractivity contribution in [1.82, 2.24) is 24.1 Å². The van der Waals surface area contributed by atoms with Crippen LogP contribution in [0.15, 0.2) is 224 Å². The zero-order valence-corrected chi connectivity index (χ0v) is 33.6. The molecule has 12 rings (SSSR count). The monoisotopic (exact) mass is 791 g/mol. The van der Waals surface area contributed by atoms with Gasteiger partial charge in [0, 0.05) is 49.6 Å². The summed E-state index contributed by atoms with van der Waals surface area (Å²) in [7, 11) is 0. The molecule has 0 spiro atoms. The summed E-state index contributed by atoms with van der Waals surface area (Å²) in [5.74, 6) is 1.88. The second-order valence-corrected chi connectivity index (χ2v) is 15.7. The molecule has 3 heterocycles. The predicted molar refractivity (Wildman–Crippen MR) is 256 cm³/mol. The minimum Gasteiger partial charge on any atom is -0.309 e. The highest BCUT2D eigenvalue weighted by Crippen LogP contribution is 2.40. The van der Waals surface area contributed by atoms with E-state index in [1.54, 1.807) is 0 Å². The Morgan fingerprint density at radius 2 is 0.613 bits per heavy atom. The largest absolute Gasteiger partial charge is 0.309 e. The number of benzene rings is 9. The van der Waals surface area contributed by atoms with E-state index in [0.717, 1.165) is 50.2 Å². The molecular weight excluding hydrogens is 755 g/mol. The molecule has 12 aromatic rings. The maximum absolute atomic E-state index is 5.15. The molecule has 0 atom stereocenters. The van der Waals surface area contributed by atoms with E-state index in [0.29, 0.717) is 17.5 Å². The molecule has 0 saturated carbocycles. The van der Waals surface area contributed by atoms with Crippen LogP contribution in [-0.4, -0.2) is 24.1 Å². The summed E-state index contributed by atoms with van der Waals surface area (Å²) in [5, 5.41) is 4.86. The van der Waals surface area contributed by atoms with Gasteiger partial charge in [0.25, 0.3) is 0 Å². The second-order valence-electron chi connectivity index (χ2n) is 15.7. The van der Waals surface area contributed by atoms with E-state index < -0.39 is 0 Å². The van der Waals surface area contributed by atoms with Gasteiger partial charge >= 0.3 is 0 Å². The summed E-state index contributed by atoms with van der Waals surface area (Å²) >= 11 is 0. The lowest BCUT2D eigenvalue weighted by molar-refractivity contribution is 1.07. The zero-order chi connectivity index (χ0) is 41.0. The number of rotatable bonds is 7. The number of hydrogen-bond acceptors (Lipinski definition) is 3. The van der Waals surface area contributed by atoms with Crippen LogP contribution in [0.2, 0.25) is 0 Å². The average Bonchev–Trinajstić information content (AvgIpc) is 3.87. The summed E-state index contributed by atoms with van der Waals surface area (Å²) in [6.07, 6.45) is 0. The van der Waals surface area contributed by atoms with Gasteiger partial charge in [0.15, 0.2) is 17.5 Å². The maximum Gasteiger partial charge on any atom is 0.164 e. The summed E-state index contributed by atoms with van der Waals surface area (Å²) in [6, 6.07) is 79.4. The molecule has 9 aromatic carbocycles. The van der Waals surface area contributed by atoms with E-state index in [2.05, 4.69) is 173 Å². The van der Waals surface area contributed by atoms with Crippen LogP contribution in [-0.2, 0) is 0 Å². The molecule has 0 unspecified atom stereocenters. The third kappa shape index (κ3) is 6.06. The maximum atomic E-state index is 5.15. The topological polar surface area (TPSA) is 48.5 Å². The molecule has 0 fully saturated rings. The molecule has 5 heteroatoms. The Morgan fingerprint density at radius 3 is 1.13 bits per heavy atom.